The molecule has 0 aliphatic rings. The van der Waals surface area contributed by atoms with Crippen LogP contribution in [0.4, 0.5) is 0 Å². The van der Waals surface area contributed by atoms with Gasteiger partial charge in [0, 0.05) is 0 Å². The van der Waals surface area contributed by atoms with Crippen LogP contribution in [-0.4, -0.2) is 32.6 Å². The van der Waals surface area contributed by atoms with Crippen LogP contribution in [-0.2, 0) is 0 Å². The van der Waals surface area contributed by atoms with Crippen LogP contribution >= 0.6 is 15.8 Å². The zero-order valence-corrected chi connectivity index (χ0v) is 7.78. The summed E-state index contributed by atoms with van der Waals surface area (Å²) >= 11 is 0. The fourth-order valence-corrected chi connectivity index (χ4v) is 0. The third-order valence-corrected chi connectivity index (χ3v) is 6.57. The van der Waals surface area contributed by atoms with Crippen molar-refractivity contribution in [1.82, 2.24) is 0 Å². The molecule has 0 amide bonds. The van der Waals surface area contributed by atoms with Crippen LogP contribution in [0.2, 0.25) is 0 Å². The van der Waals surface area contributed by atoms with Crippen molar-refractivity contribution in [3.8, 4) is 0 Å². The SMILES string of the molecule is CP(C)(C)(C)CP. The maximum atomic E-state index is 2.81. The Morgan fingerprint density at radius 3 is 1.29 bits per heavy atom. The summed E-state index contributed by atoms with van der Waals surface area (Å²) in [6.07, 6.45) is 0. The molecule has 0 fully saturated rings. The summed E-state index contributed by atoms with van der Waals surface area (Å²) in [5, 5.41) is 0. The fourth-order valence-electron chi connectivity index (χ4n) is 0. The van der Waals surface area contributed by atoms with Crippen molar-refractivity contribution in [1.29, 1.82) is 0 Å². The number of rotatable bonds is 1. The first kappa shape index (κ1) is 7.86. The number of hydrogen-bond donors (Lipinski definition) is 0. The molecule has 1 atom stereocenters. The molecule has 1 unspecified atom stereocenters. The van der Waals surface area contributed by atoms with E-state index in [1.807, 2.05) is 0 Å². The molecule has 0 radical (unpaired) electrons. The van der Waals surface area contributed by atoms with Gasteiger partial charge in [0.2, 0.25) is 0 Å². The molecule has 0 saturated heterocycles. The molecular formula is C5H16P2. The van der Waals surface area contributed by atoms with E-state index >= 15 is 0 Å². The van der Waals surface area contributed by atoms with Crippen molar-refractivity contribution in [3.63, 3.8) is 0 Å². The summed E-state index contributed by atoms with van der Waals surface area (Å²) in [5.74, 6) is 1.28. The van der Waals surface area contributed by atoms with E-state index in [1.54, 1.807) is 0 Å². The van der Waals surface area contributed by atoms with Crippen LogP contribution in [0.1, 0.15) is 0 Å². The Morgan fingerprint density at radius 1 is 1.14 bits per heavy atom. The Bertz CT molecular complexity index is 58.6. The summed E-state index contributed by atoms with van der Waals surface area (Å²) in [5.41, 5.74) is 0. The summed E-state index contributed by atoms with van der Waals surface area (Å²) in [4.78, 5) is 0. The van der Waals surface area contributed by atoms with Crippen LogP contribution < -0.4 is 0 Å². The Kier molecular flexibility index (Phi) is 1.88. The van der Waals surface area contributed by atoms with Gasteiger partial charge in [0.15, 0.2) is 0 Å². The maximum absolute atomic E-state index is 2.81. The molecule has 0 aromatic rings. The minimum absolute atomic E-state index is 1.11. The van der Waals surface area contributed by atoms with Crippen LogP contribution in [0, 0.1) is 0 Å². The van der Waals surface area contributed by atoms with Crippen molar-refractivity contribution in [3.05, 3.63) is 0 Å². The van der Waals surface area contributed by atoms with Crippen LogP contribution in [0.5, 0.6) is 0 Å². The monoisotopic (exact) mass is 138 g/mol. The fraction of sp³-hybridized carbons (Fsp3) is 1.00. The van der Waals surface area contributed by atoms with Gasteiger partial charge in [-0.3, -0.25) is 0 Å². The van der Waals surface area contributed by atoms with Gasteiger partial charge in [-0.2, -0.15) is 0 Å². The molecule has 46 valence electrons. The summed E-state index contributed by atoms with van der Waals surface area (Å²) in [6, 6.07) is 0. The van der Waals surface area contributed by atoms with E-state index in [0.29, 0.717) is 0 Å². The predicted molar refractivity (Wildman–Crippen MR) is 45.2 cm³/mol. The molecule has 0 bridgehead atoms. The van der Waals surface area contributed by atoms with Gasteiger partial charge >= 0.3 is 48.4 Å². The molecule has 0 aliphatic carbocycles. The first-order chi connectivity index (χ1) is 2.81. The normalized spacial score (nSPS) is 18.1. The third kappa shape index (κ3) is 6.86. The molecule has 0 saturated carbocycles. The molecule has 7 heavy (non-hydrogen) atoms. The van der Waals surface area contributed by atoms with Gasteiger partial charge in [-0.25, -0.2) is 0 Å². The molecule has 0 heterocycles. The Balaban J connectivity index is 3.83. The van der Waals surface area contributed by atoms with Crippen LogP contribution in [0.15, 0.2) is 0 Å². The Morgan fingerprint density at radius 2 is 1.29 bits per heavy atom. The van der Waals surface area contributed by atoms with E-state index in [1.165, 1.54) is 5.90 Å². The average Bonchev–Trinajstić information content (AvgIpc) is 1.32. The summed E-state index contributed by atoms with van der Waals surface area (Å²) in [7, 11) is 2.81. The molecule has 2 heteroatoms. The first-order valence-electron chi connectivity index (χ1n) is 2.51. The van der Waals surface area contributed by atoms with Crippen molar-refractivity contribution < 1.29 is 0 Å². The molecular weight excluding hydrogens is 122 g/mol. The van der Waals surface area contributed by atoms with Gasteiger partial charge < -0.3 is 0 Å². The Labute approximate surface area is 49.2 Å². The van der Waals surface area contributed by atoms with Crippen LogP contribution in [0.25, 0.3) is 0 Å². The summed E-state index contributed by atoms with van der Waals surface area (Å²) in [6.45, 7) is 8.38. The predicted octanol–water partition coefficient (Wildman–Crippen LogP) is 1.89. The average molecular weight is 138 g/mol. The zero-order chi connectivity index (χ0) is 6.15. The molecule has 0 aromatic heterocycles. The molecule has 0 nitrogen and oxygen atoms in total. The standard InChI is InChI=1S/C5H16P2/c1-7(2,3,4)5-6/h5-6H2,1-4H3. The Hall–Kier alpha value is 0.860. The quantitative estimate of drug-likeness (QED) is 0.485. The molecule has 0 N–H and O–H groups in total. The molecule has 0 rings (SSSR count). The van der Waals surface area contributed by atoms with E-state index in [4.69, 9.17) is 0 Å². The molecule has 0 aromatic carbocycles. The van der Waals surface area contributed by atoms with Crippen molar-refractivity contribution in [2.75, 3.05) is 32.6 Å². The van der Waals surface area contributed by atoms with E-state index in [9.17, 15) is 0 Å². The van der Waals surface area contributed by atoms with E-state index in [0.717, 1.165) is 0 Å². The second-order valence-corrected chi connectivity index (χ2v) is 13.5. The second-order valence-electron chi connectivity index (χ2n) is 4.13. The van der Waals surface area contributed by atoms with Gasteiger partial charge in [-0.1, -0.05) is 0 Å². The van der Waals surface area contributed by atoms with Crippen molar-refractivity contribution in [2.45, 2.75) is 0 Å². The van der Waals surface area contributed by atoms with E-state index in [-0.39, 0.29) is 0 Å². The van der Waals surface area contributed by atoms with Crippen LogP contribution in [0.3, 0.4) is 0 Å². The van der Waals surface area contributed by atoms with Gasteiger partial charge in [0.1, 0.15) is 0 Å². The number of hydrogen-bond acceptors (Lipinski definition) is 0. The zero-order valence-electron chi connectivity index (χ0n) is 5.73. The van der Waals surface area contributed by atoms with Gasteiger partial charge in [-0.15, -0.1) is 0 Å². The van der Waals surface area contributed by atoms with Gasteiger partial charge in [0.25, 0.3) is 0 Å². The molecule has 0 aliphatic heterocycles. The van der Waals surface area contributed by atoms with Gasteiger partial charge in [-0.05, 0) is 0 Å². The van der Waals surface area contributed by atoms with Crippen molar-refractivity contribution in [2.24, 2.45) is 0 Å². The third-order valence-electron chi connectivity index (χ3n) is 0.730. The van der Waals surface area contributed by atoms with E-state index < -0.39 is 6.60 Å². The summed E-state index contributed by atoms with van der Waals surface area (Å²) < 4.78 is 0. The topological polar surface area (TPSA) is 0 Å². The van der Waals surface area contributed by atoms with Crippen molar-refractivity contribution >= 4 is 15.8 Å². The van der Waals surface area contributed by atoms with Gasteiger partial charge in [0.05, 0.1) is 0 Å². The van der Waals surface area contributed by atoms with E-state index in [2.05, 4.69) is 35.9 Å². The molecule has 0 spiro atoms. The minimum atomic E-state index is -1.11. The first-order valence-corrected chi connectivity index (χ1v) is 7.54. The second kappa shape index (κ2) is 1.67.